The summed E-state index contributed by atoms with van der Waals surface area (Å²) in [6.07, 6.45) is 3.54. The molecule has 2 N–H and O–H groups in total. The van der Waals surface area contributed by atoms with Crippen molar-refractivity contribution in [2.75, 3.05) is 48.8 Å². The molecule has 1 unspecified atom stereocenters. The number of rotatable bonds is 7. The van der Waals surface area contributed by atoms with E-state index in [2.05, 4.69) is 38.8 Å². The first kappa shape index (κ1) is 28.2. The highest BCUT2D eigenvalue weighted by molar-refractivity contribution is 7.12. The average molecular weight is 573 g/mol. The number of piperazine rings is 1. The lowest BCUT2D eigenvalue weighted by molar-refractivity contribution is -0.136. The van der Waals surface area contributed by atoms with Gasteiger partial charge in [-0.2, -0.15) is 5.26 Å². The van der Waals surface area contributed by atoms with Crippen molar-refractivity contribution in [1.82, 2.24) is 19.8 Å². The fourth-order valence-electron chi connectivity index (χ4n) is 5.08. The molecule has 3 aromatic heterocycles. The van der Waals surface area contributed by atoms with Gasteiger partial charge in [-0.05, 0) is 57.5 Å². The summed E-state index contributed by atoms with van der Waals surface area (Å²) in [5.74, 6) is 0.731. The third-order valence-corrected chi connectivity index (χ3v) is 8.50. The van der Waals surface area contributed by atoms with Gasteiger partial charge in [0.1, 0.15) is 23.4 Å². The van der Waals surface area contributed by atoms with Crippen LogP contribution in [0.4, 0.5) is 22.1 Å². The van der Waals surface area contributed by atoms with Gasteiger partial charge in [0.2, 0.25) is 5.91 Å². The van der Waals surface area contributed by atoms with Crippen LogP contribution in [-0.2, 0) is 17.8 Å². The average Bonchev–Trinajstić information content (AvgIpc) is 3.40. The zero-order valence-electron chi connectivity index (χ0n) is 23.3. The van der Waals surface area contributed by atoms with Crippen molar-refractivity contribution < 1.29 is 14.4 Å². The number of anilines is 3. The number of hydrogen-bond acceptors (Lipinski definition) is 9. The maximum atomic E-state index is 13.4. The van der Waals surface area contributed by atoms with Crippen LogP contribution in [0.2, 0.25) is 0 Å². The number of nitriles is 1. The van der Waals surface area contributed by atoms with Gasteiger partial charge < -0.3 is 10.2 Å². The number of carbonyl (C=O) groups excluding carboxylic acids is 3. The topological polar surface area (TPSA) is 135 Å². The summed E-state index contributed by atoms with van der Waals surface area (Å²) in [6, 6.07) is 9.34. The molecule has 1 atom stereocenters. The number of pyridine rings is 2. The molecule has 0 spiro atoms. The molecule has 41 heavy (non-hydrogen) atoms. The molecule has 3 aromatic rings. The number of carbonyl (C=O) groups is 3. The summed E-state index contributed by atoms with van der Waals surface area (Å²) in [7, 11) is 1.91. The van der Waals surface area contributed by atoms with E-state index in [1.54, 1.807) is 22.3 Å². The van der Waals surface area contributed by atoms with Crippen LogP contribution in [0.3, 0.4) is 0 Å². The standard InChI is InChI=1S/C29H32N8O3S/c1-18-6-7-25(41-18)19(2)32-23-12-26(31-14-22(23)13-30)34-29(40)37-8-4-5-20-11-21(24(17-38)33-28(20)37)15-36-10-9-35(3)16-27(36)39/h6-7,11-12,14,17,19H,4-5,8-10,15-16H2,1-3H3,(H2,31,32,34,40). The molecular formula is C29H32N8O3S. The van der Waals surface area contributed by atoms with E-state index >= 15 is 0 Å². The molecule has 12 heteroatoms. The Morgan fingerprint density at radius 1 is 1.27 bits per heavy atom. The molecule has 11 nitrogen and oxygen atoms in total. The maximum absolute atomic E-state index is 13.4. The quantitative estimate of drug-likeness (QED) is 0.406. The molecule has 2 aliphatic heterocycles. The molecule has 212 valence electrons. The number of aryl methyl sites for hydroxylation is 2. The van der Waals surface area contributed by atoms with E-state index in [1.807, 2.05) is 31.9 Å². The molecule has 0 aliphatic carbocycles. The second-order valence-electron chi connectivity index (χ2n) is 10.4. The van der Waals surface area contributed by atoms with Crippen LogP contribution in [-0.4, -0.2) is 71.2 Å². The van der Waals surface area contributed by atoms with E-state index in [0.717, 1.165) is 23.4 Å². The molecule has 0 saturated carbocycles. The number of amides is 3. The smallest absolute Gasteiger partial charge is 0.328 e. The predicted octanol–water partition coefficient (Wildman–Crippen LogP) is 3.96. The van der Waals surface area contributed by atoms with Crippen molar-refractivity contribution >= 4 is 46.9 Å². The number of nitrogens with one attached hydrogen (secondary N) is 2. The van der Waals surface area contributed by atoms with Crippen LogP contribution in [0.25, 0.3) is 0 Å². The summed E-state index contributed by atoms with van der Waals surface area (Å²) < 4.78 is 0. The number of hydrogen-bond donors (Lipinski definition) is 2. The van der Waals surface area contributed by atoms with Gasteiger partial charge in [-0.15, -0.1) is 11.3 Å². The van der Waals surface area contributed by atoms with Crippen molar-refractivity contribution in [3.05, 3.63) is 62.6 Å². The lowest BCUT2D eigenvalue weighted by atomic mass is 10.0. The third kappa shape index (κ3) is 6.21. The Balaban J connectivity index is 1.34. The summed E-state index contributed by atoms with van der Waals surface area (Å²) in [5, 5.41) is 15.8. The number of likely N-dealkylation sites (N-methyl/N-ethyl adjacent to an activating group) is 1. The molecule has 5 rings (SSSR count). The lowest BCUT2D eigenvalue weighted by Gasteiger charge is -2.33. The number of aromatic nitrogens is 2. The Bertz CT molecular complexity index is 1530. The van der Waals surface area contributed by atoms with Crippen LogP contribution in [0.1, 0.15) is 56.3 Å². The van der Waals surface area contributed by atoms with Gasteiger partial charge in [0.25, 0.3) is 0 Å². The molecule has 1 fully saturated rings. The highest BCUT2D eigenvalue weighted by Gasteiger charge is 2.28. The van der Waals surface area contributed by atoms with Crippen molar-refractivity contribution in [3.8, 4) is 6.07 Å². The van der Waals surface area contributed by atoms with Crippen molar-refractivity contribution in [2.24, 2.45) is 0 Å². The Hall–Kier alpha value is -4.34. The normalized spacial score (nSPS) is 16.1. The van der Waals surface area contributed by atoms with Gasteiger partial charge in [0, 0.05) is 53.8 Å². The minimum absolute atomic E-state index is 0.0120. The number of thiophene rings is 1. The molecule has 3 amide bonds. The predicted molar refractivity (Wildman–Crippen MR) is 157 cm³/mol. The van der Waals surface area contributed by atoms with Gasteiger partial charge in [0.15, 0.2) is 6.29 Å². The molecule has 1 saturated heterocycles. The van der Waals surface area contributed by atoms with Gasteiger partial charge in [0.05, 0.1) is 23.8 Å². The van der Waals surface area contributed by atoms with Crippen LogP contribution >= 0.6 is 11.3 Å². The first-order valence-corrected chi connectivity index (χ1v) is 14.3. The van der Waals surface area contributed by atoms with E-state index in [9.17, 15) is 19.6 Å². The van der Waals surface area contributed by atoms with Gasteiger partial charge >= 0.3 is 6.03 Å². The molecule has 0 aromatic carbocycles. The molecular weight excluding hydrogens is 540 g/mol. The van der Waals surface area contributed by atoms with E-state index in [4.69, 9.17) is 0 Å². The van der Waals surface area contributed by atoms with Crippen molar-refractivity contribution in [1.29, 1.82) is 5.26 Å². The maximum Gasteiger partial charge on any atom is 0.328 e. The largest absolute Gasteiger partial charge is 0.376 e. The highest BCUT2D eigenvalue weighted by Crippen LogP contribution is 2.30. The zero-order valence-corrected chi connectivity index (χ0v) is 24.1. The Kier molecular flexibility index (Phi) is 8.28. The van der Waals surface area contributed by atoms with Crippen LogP contribution in [0.15, 0.2) is 30.5 Å². The van der Waals surface area contributed by atoms with E-state index < -0.39 is 6.03 Å². The Morgan fingerprint density at radius 2 is 2.10 bits per heavy atom. The molecule has 0 bridgehead atoms. The van der Waals surface area contributed by atoms with E-state index in [1.165, 1.54) is 16.0 Å². The summed E-state index contributed by atoms with van der Waals surface area (Å²) in [4.78, 5) is 54.3. The third-order valence-electron chi connectivity index (χ3n) is 7.32. The second-order valence-corrected chi connectivity index (χ2v) is 11.7. The van der Waals surface area contributed by atoms with E-state index in [-0.39, 0.29) is 17.6 Å². The van der Waals surface area contributed by atoms with E-state index in [0.29, 0.717) is 67.3 Å². The fourth-order valence-corrected chi connectivity index (χ4v) is 5.96. The van der Waals surface area contributed by atoms with Crippen molar-refractivity contribution in [3.63, 3.8) is 0 Å². The number of fused-ring (bicyclic) bond motifs is 1. The summed E-state index contributed by atoms with van der Waals surface area (Å²) in [5.41, 5.74) is 2.69. The van der Waals surface area contributed by atoms with Crippen LogP contribution < -0.4 is 15.5 Å². The van der Waals surface area contributed by atoms with Gasteiger partial charge in [-0.3, -0.25) is 24.7 Å². The first-order chi connectivity index (χ1) is 19.7. The monoisotopic (exact) mass is 572 g/mol. The second kappa shape index (κ2) is 12.0. The van der Waals surface area contributed by atoms with Gasteiger partial charge in [-0.25, -0.2) is 14.8 Å². The summed E-state index contributed by atoms with van der Waals surface area (Å²) >= 11 is 1.68. The highest BCUT2D eigenvalue weighted by atomic mass is 32.1. The molecule has 5 heterocycles. The fraction of sp³-hybridized carbons (Fsp3) is 0.379. The SMILES string of the molecule is Cc1ccc(C(C)Nc2cc(NC(=O)N3CCCc4cc(CN5CCN(C)CC5=O)c(C=O)nc43)ncc2C#N)s1. The molecule has 0 radical (unpaired) electrons. The van der Waals surface area contributed by atoms with Crippen LogP contribution in [0, 0.1) is 18.3 Å². The Morgan fingerprint density at radius 3 is 2.80 bits per heavy atom. The Labute approximate surface area is 242 Å². The minimum atomic E-state index is -0.428. The first-order valence-electron chi connectivity index (χ1n) is 13.5. The summed E-state index contributed by atoms with van der Waals surface area (Å²) in [6.45, 7) is 6.48. The van der Waals surface area contributed by atoms with Gasteiger partial charge in [-0.1, -0.05) is 0 Å². The lowest BCUT2D eigenvalue weighted by Crippen LogP contribution is -2.48. The zero-order chi connectivity index (χ0) is 29.1. The minimum Gasteiger partial charge on any atom is -0.376 e. The van der Waals surface area contributed by atoms with Crippen LogP contribution in [0.5, 0.6) is 0 Å². The number of nitrogens with zero attached hydrogens (tertiary/aromatic N) is 6. The number of urea groups is 1. The molecule has 2 aliphatic rings. The van der Waals surface area contributed by atoms with Crippen molar-refractivity contribution in [2.45, 2.75) is 39.3 Å². The number of aldehydes is 1.